The van der Waals surface area contributed by atoms with Crippen LogP contribution in [0, 0.1) is 0 Å². The summed E-state index contributed by atoms with van der Waals surface area (Å²) in [4.78, 5) is 0. The number of rotatable bonds is 3. The molecule has 0 spiro atoms. The predicted octanol–water partition coefficient (Wildman–Crippen LogP) is -0.753. The summed E-state index contributed by atoms with van der Waals surface area (Å²) in [5, 5.41) is 2.66. The van der Waals surface area contributed by atoms with Gasteiger partial charge in [0.1, 0.15) is 0 Å². The molecule has 0 atom stereocenters. The van der Waals surface area contributed by atoms with Gasteiger partial charge in [0.25, 0.3) is 0 Å². The lowest BCUT2D eigenvalue weighted by Gasteiger charge is -2.22. The minimum Gasteiger partial charge on any atom is -0.397 e. The van der Waals surface area contributed by atoms with E-state index in [0.717, 1.165) is 5.56 Å². The number of nitrogens with zero attached hydrogens (tertiary/aromatic N) is 2. The summed E-state index contributed by atoms with van der Waals surface area (Å²) in [6.07, 6.45) is 0. The molecule has 1 aromatic carbocycles. The Balaban J connectivity index is 2.73. The predicted molar refractivity (Wildman–Crippen MR) is 56.9 cm³/mol. The van der Waals surface area contributed by atoms with Crippen LogP contribution >= 0.6 is 0 Å². The lowest BCUT2D eigenvalue weighted by Crippen LogP contribution is -2.48. The van der Waals surface area contributed by atoms with Gasteiger partial charge in [0.15, 0.2) is 0 Å². The van der Waals surface area contributed by atoms with Crippen molar-refractivity contribution in [1.82, 2.24) is 10.2 Å². The van der Waals surface area contributed by atoms with Gasteiger partial charge in [-0.15, -0.1) is 0 Å². The van der Waals surface area contributed by atoms with Crippen molar-refractivity contribution in [3.05, 3.63) is 23.8 Å². The fraction of sp³-hybridized carbons (Fsp3) is 0.250. The first-order valence-electron chi connectivity index (χ1n) is 4.15. The Labute approximate surface area is 83.0 Å². The van der Waals surface area contributed by atoms with E-state index in [9.17, 15) is 0 Å². The van der Waals surface area contributed by atoms with Crippen molar-refractivity contribution in [2.24, 2.45) is 11.7 Å². The van der Waals surface area contributed by atoms with Crippen LogP contribution in [0.15, 0.2) is 18.2 Å². The molecule has 0 aliphatic rings. The van der Waals surface area contributed by atoms with Crippen LogP contribution in [0.3, 0.4) is 0 Å². The standard InChI is InChI=1S/C8H16N6/c1-13(11)14(12)5-6-2-3-7(9)8(10)4-6/h2-4H,5,9-12H2,1H3. The molecule has 0 bridgehead atoms. The van der Waals surface area contributed by atoms with Gasteiger partial charge < -0.3 is 11.5 Å². The third kappa shape index (κ3) is 2.57. The zero-order valence-corrected chi connectivity index (χ0v) is 8.14. The van der Waals surface area contributed by atoms with Crippen LogP contribution in [0.25, 0.3) is 0 Å². The van der Waals surface area contributed by atoms with Crippen molar-refractivity contribution in [3.8, 4) is 0 Å². The number of anilines is 2. The summed E-state index contributed by atoms with van der Waals surface area (Å²) < 4.78 is 0. The van der Waals surface area contributed by atoms with Crippen molar-refractivity contribution in [3.63, 3.8) is 0 Å². The van der Waals surface area contributed by atoms with Crippen LogP contribution in [0.4, 0.5) is 11.4 Å². The molecule has 0 saturated carbocycles. The highest BCUT2D eigenvalue weighted by Gasteiger charge is 2.04. The Bertz CT molecular complexity index is 311. The van der Waals surface area contributed by atoms with Gasteiger partial charge in [-0.1, -0.05) is 6.07 Å². The van der Waals surface area contributed by atoms with Crippen molar-refractivity contribution in [2.45, 2.75) is 6.54 Å². The van der Waals surface area contributed by atoms with Gasteiger partial charge in [-0.25, -0.2) is 0 Å². The second kappa shape index (κ2) is 4.25. The number of nitrogens with two attached hydrogens (primary N) is 4. The van der Waals surface area contributed by atoms with Gasteiger partial charge in [-0.3, -0.25) is 11.7 Å². The van der Waals surface area contributed by atoms with E-state index >= 15 is 0 Å². The third-order valence-electron chi connectivity index (χ3n) is 1.90. The second-order valence-corrected chi connectivity index (χ2v) is 3.13. The van der Waals surface area contributed by atoms with Gasteiger partial charge >= 0.3 is 0 Å². The maximum absolute atomic E-state index is 5.64. The number of nitrogen functional groups attached to an aromatic ring is 2. The van der Waals surface area contributed by atoms with Crippen LogP contribution in [-0.4, -0.2) is 17.3 Å². The number of hydrogen-bond donors (Lipinski definition) is 4. The zero-order chi connectivity index (χ0) is 10.7. The number of hydrazine groups is 3. The lowest BCUT2D eigenvalue weighted by molar-refractivity contribution is -0.0113. The molecule has 0 saturated heterocycles. The minimum atomic E-state index is 0.484. The average molecular weight is 196 g/mol. The summed E-state index contributed by atoms with van der Waals surface area (Å²) >= 11 is 0. The zero-order valence-electron chi connectivity index (χ0n) is 8.14. The van der Waals surface area contributed by atoms with E-state index in [2.05, 4.69) is 0 Å². The quantitative estimate of drug-likeness (QED) is 0.287. The van der Waals surface area contributed by atoms with E-state index in [4.69, 9.17) is 23.2 Å². The average Bonchev–Trinajstić information content (AvgIpc) is 2.11. The van der Waals surface area contributed by atoms with Gasteiger partial charge in [-0.2, -0.15) is 10.2 Å². The van der Waals surface area contributed by atoms with E-state index in [1.807, 2.05) is 6.07 Å². The minimum absolute atomic E-state index is 0.484. The molecule has 0 aliphatic carbocycles. The van der Waals surface area contributed by atoms with E-state index < -0.39 is 0 Å². The fourth-order valence-electron chi connectivity index (χ4n) is 1.02. The van der Waals surface area contributed by atoms with Crippen LogP contribution < -0.4 is 23.2 Å². The molecule has 0 radical (unpaired) electrons. The molecule has 6 heteroatoms. The third-order valence-corrected chi connectivity index (χ3v) is 1.90. The highest BCUT2D eigenvalue weighted by atomic mass is 15.8. The molecule has 0 fully saturated rings. The first-order chi connectivity index (χ1) is 6.50. The molecule has 0 unspecified atom stereocenters. The largest absolute Gasteiger partial charge is 0.397 e. The molecule has 0 heterocycles. The Morgan fingerprint density at radius 1 is 1.14 bits per heavy atom. The van der Waals surface area contributed by atoms with Gasteiger partial charge in [0.05, 0.1) is 17.9 Å². The Morgan fingerprint density at radius 3 is 2.29 bits per heavy atom. The Hall–Kier alpha value is -1.34. The molecule has 1 rings (SSSR count). The van der Waals surface area contributed by atoms with E-state index in [1.165, 1.54) is 10.2 Å². The molecule has 0 aromatic heterocycles. The maximum Gasteiger partial charge on any atom is 0.0552 e. The smallest absolute Gasteiger partial charge is 0.0552 e. The van der Waals surface area contributed by atoms with E-state index in [1.54, 1.807) is 19.2 Å². The summed E-state index contributed by atoms with van der Waals surface area (Å²) in [6, 6.07) is 5.38. The van der Waals surface area contributed by atoms with Crippen molar-refractivity contribution in [2.75, 3.05) is 18.5 Å². The van der Waals surface area contributed by atoms with Gasteiger partial charge in [-0.05, 0) is 17.7 Å². The summed E-state index contributed by atoms with van der Waals surface area (Å²) in [6.45, 7) is 0.484. The van der Waals surface area contributed by atoms with Gasteiger partial charge in [0, 0.05) is 7.05 Å². The molecule has 6 nitrogen and oxygen atoms in total. The topological polar surface area (TPSA) is 111 Å². The lowest BCUT2D eigenvalue weighted by atomic mass is 10.2. The monoisotopic (exact) mass is 196 g/mol. The first kappa shape index (κ1) is 10.7. The molecule has 8 N–H and O–H groups in total. The van der Waals surface area contributed by atoms with Gasteiger partial charge in [0.2, 0.25) is 0 Å². The molecular weight excluding hydrogens is 180 g/mol. The Morgan fingerprint density at radius 2 is 1.79 bits per heavy atom. The molecular formula is C8H16N6. The van der Waals surface area contributed by atoms with Crippen molar-refractivity contribution < 1.29 is 0 Å². The normalized spacial score (nSPS) is 11.2. The van der Waals surface area contributed by atoms with E-state index in [0.29, 0.717) is 17.9 Å². The van der Waals surface area contributed by atoms with Crippen molar-refractivity contribution >= 4 is 11.4 Å². The SMILES string of the molecule is CN(N)N(N)Cc1ccc(N)c(N)c1. The molecule has 78 valence electrons. The van der Waals surface area contributed by atoms with Crippen LogP contribution in [0.1, 0.15) is 5.56 Å². The highest BCUT2D eigenvalue weighted by molar-refractivity contribution is 5.63. The van der Waals surface area contributed by atoms with Crippen molar-refractivity contribution in [1.29, 1.82) is 0 Å². The second-order valence-electron chi connectivity index (χ2n) is 3.13. The number of benzene rings is 1. The van der Waals surface area contributed by atoms with E-state index in [-0.39, 0.29) is 0 Å². The number of hydrogen-bond acceptors (Lipinski definition) is 6. The highest BCUT2D eigenvalue weighted by Crippen LogP contribution is 2.16. The molecule has 1 aromatic rings. The molecule has 0 aliphatic heterocycles. The molecule has 14 heavy (non-hydrogen) atoms. The summed E-state index contributed by atoms with van der Waals surface area (Å²) in [7, 11) is 1.65. The summed E-state index contributed by atoms with van der Waals surface area (Å²) in [5.74, 6) is 11.0. The fourth-order valence-corrected chi connectivity index (χ4v) is 1.02. The van der Waals surface area contributed by atoms with Crippen LogP contribution in [0.2, 0.25) is 0 Å². The van der Waals surface area contributed by atoms with Crippen LogP contribution in [-0.2, 0) is 6.54 Å². The molecule has 0 amide bonds. The first-order valence-corrected chi connectivity index (χ1v) is 4.15. The Kier molecular flexibility index (Phi) is 3.26. The van der Waals surface area contributed by atoms with Crippen LogP contribution in [0.5, 0.6) is 0 Å². The summed E-state index contributed by atoms with van der Waals surface area (Å²) in [5.41, 5.74) is 13.3. The maximum atomic E-state index is 5.64.